The van der Waals surface area contributed by atoms with Gasteiger partial charge in [-0.25, -0.2) is 4.98 Å². The Hall–Kier alpha value is -2.57. The number of pyridine rings is 1. The van der Waals surface area contributed by atoms with Gasteiger partial charge in [0.25, 0.3) is 0 Å². The Morgan fingerprint density at radius 2 is 2.12 bits per heavy atom. The van der Waals surface area contributed by atoms with Gasteiger partial charge in [0.1, 0.15) is 0 Å². The van der Waals surface area contributed by atoms with Gasteiger partial charge in [-0.05, 0) is 32.4 Å². The maximum Gasteiger partial charge on any atom is 0.213 e. The lowest BCUT2D eigenvalue weighted by Crippen LogP contribution is -2.37. The van der Waals surface area contributed by atoms with Gasteiger partial charge in [0.15, 0.2) is 5.96 Å². The SMILES string of the molecule is CN=C(NCCCn1nc(C)cc1C)NCc1cccc(OC)n1. The molecule has 0 aromatic carbocycles. The molecule has 0 radical (unpaired) electrons. The predicted molar refractivity (Wildman–Crippen MR) is 95.3 cm³/mol. The van der Waals surface area contributed by atoms with Crippen LogP contribution in [0.5, 0.6) is 5.88 Å². The number of hydrogen-bond acceptors (Lipinski definition) is 4. The van der Waals surface area contributed by atoms with E-state index in [0.717, 1.165) is 36.9 Å². The van der Waals surface area contributed by atoms with Crippen molar-refractivity contribution < 1.29 is 4.74 Å². The first-order chi connectivity index (χ1) is 11.6. The van der Waals surface area contributed by atoms with E-state index in [9.17, 15) is 0 Å². The standard InChI is InChI=1S/C17H26N6O/c1-13-11-14(2)23(22-13)10-6-9-19-17(18-3)20-12-15-7-5-8-16(21-15)24-4/h5,7-8,11H,6,9-10,12H2,1-4H3,(H2,18,19,20). The molecule has 24 heavy (non-hydrogen) atoms. The van der Waals surface area contributed by atoms with Crippen LogP contribution in [-0.4, -0.2) is 41.4 Å². The molecule has 2 rings (SSSR count). The van der Waals surface area contributed by atoms with Crippen LogP contribution >= 0.6 is 0 Å². The van der Waals surface area contributed by atoms with Crippen molar-refractivity contribution in [3.8, 4) is 5.88 Å². The van der Waals surface area contributed by atoms with Crippen LogP contribution in [0.1, 0.15) is 23.5 Å². The summed E-state index contributed by atoms with van der Waals surface area (Å²) in [6.07, 6.45) is 0.972. The average molecular weight is 330 g/mol. The maximum absolute atomic E-state index is 5.13. The van der Waals surface area contributed by atoms with Gasteiger partial charge in [-0.1, -0.05) is 6.07 Å². The fourth-order valence-electron chi connectivity index (χ4n) is 2.40. The van der Waals surface area contributed by atoms with Crippen molar-refractivity contribution in [1.29, 1.82) is 0 Å². The first-order valence-corrected chi connectivity index (χ1v) is 8.08. The molecule has 130 valence electrons. The van der Waals surface area contributed by atoms with Gasteiger partial charge in [-0.3, -0.25) is 9.67 Å². The van der Waals surface area contributed by atoms with Crippen LogP contribution in [-0.2, 0) is 13.1 Å². The fraction of sp³-hybridized carbons (Fsp3) is 0.471. The number of ether oxygens (including phenoxy) is 1. The third kappa shape index (κ3) is 5.26. The Morgan fingerprint density at radius 3 is 2.79 bits per heavy atom. The largest absolute Gasteiger partial charge is 0.481 e. The van der Waals surface area contributed by atoms with Crippen molar-refractivity contribution in [2.45, 2.75) is 33.4 Å². The molecule has 7 heteroatoms. The summed E-state index contributed by atoms with van der Waals surface area (Å²) in [6, 6.07) is 7.80. The van der Waals surface area contributed by atoms with E-state index >= 15 is 0 Å². The lowest BCUT2D eigenvalue weighted by atomic mass is 10.3. The summed E-state index contributed by atoms with van der Waals surface area (Å²) in [5.41, 5.74) is 3.16. The van der Waals surface area contributed by atoms with Crippen molar-refractivity contribution in [1.82, 2.24) is 25.4 Å². The van der Waals surface area contributed by atoms with Gasteiger partial charge in [-0.15, -0.1) is 0 Å². The molecule has 0 unspecified atom stereocenters. The Kier molecular flexibility index (Phi) is 6.60. The van der Waals surface area contributed by atoms with E-state index in [4.69, 9.17) is 4.74 Å². The van der Waals surface area contributed by atoms with Crippen LogP contribution in [0.15, 0.2) is 29.3 Å². The van der Waals surface area contributed by atoms with Crippen molar-refractivity contribution in [3.05, 3.63) is 41.3 Å². The summed E-state index contributed by atoms with van der Waals surface area (Å²) in [5.74, 6) is 1.37. The Labute approximate surface area is 143 Å². The van der Waals surface area contributed by atoms with E-state index < -0.39 is 0 Å². The molecule has 0 spiro atoms. The number of aliphatic imine (C=N–C) groups is 1. The van der Waals surface area contributed by atoms with E-state index in [2.05, 4.69) is 38.7 Å². The normalized spacial score (nSPS) is 11.4. The highest BCUT2D eigenvalue weighted by Crippen LogP contribution is 2.06. The lowest BCUT2D eigenvalue weighted by molar-refractivity contribution is 0.396. The van der Waals surface area contributed by atoms with Gasteiger partial charge in [0.2, 0.25) is 5.88 Å². The number of guanidine groups is 1. The van der Waals surface area contributed by atoms with Crippen LogP contribution in [0.2, 0.25) is 0 Å². The predicted octanol–water partition coefficient (Wildman–Crippen LogP) is 1.66. The highest BCUT2D eigenvalue weighted by atomic mass is 16.5. The number of aromatic nitrogens is 3. The summed E-state index contributed by atoms with van der Waals surface area (Å²) in [7, 11) is 3.37. The number of methoxy groups -OCH3 is 1. The minimum Gasteiger partial charge on any atom is -0.481 e. The summed E-state index contributed by atoms with van der Waals surface area (Å²) in [4.78, 5) is 8.59. The second-order valence-electron chi connectivity index (χ2n) is 5.53. The minimum atomic E-state index is 0.592. The van der Waals surface area contributed by atoms with Crippen LogP contribution in [0.25, 0.3) is 0 Å². The first kappa shape index (κ1) is 17.8. The van der Waals surface area contributed by atoms with E-state index in [-0.39, 0.29) is 0 Å². The van der Waals surface area contributed by atoms with Gasteiger partial charge in [0, 0.05) is 31.9 Å². The minimum absolute atomic E-state index is 0.592. The molecule has 0 saturated heterocycles. The molecule has 0 atom stereocenters. The number of nitrogens with one attached hydrogen (secondary N) is 2. The molecule has 0 bridgehead atoms. The highest BCUT2D eigenvalue weighted by Gasteiger charge is 2.02. The average Bonchev–Trinajstić information content (AvgIpc) is 2.92. The maximum atomic E-state index is 5.13. The summed E-state index contributed by atoms with van der Waals surface area (Å²) < 4.78 is 7.16. The van der Waals surface area contributed by atoms with Gasteiger partial charge >= 0.3 is 0 Å². The van der Waals surface area contributed by atoms with Crippen molar-refractivity contribution >= 4 is 5.96 Å². The zero-order valence-corrected chi connectivity index (χ0v) is 14.8. The smallest absolute Gasteiger partial charge is 0.213 e. The Bertz CT molecular complexity index is 679. The zero-order valence-electron chi connectivity index (χ0n) is 14.8. The van der Waals surface area contributed by atoms with Crippen molar-refractivity contribution in [2.75, 3.05) is 20.7 Å². The van der Waals surface area contributed by atoms with Gasteiger partial charge < -0.3 is 15.4 Å². The zero-order chi connectivity index (χ0) is 17.4. The molecule has 7 nitrogen and oxygen atoms in total. The Balaban J connectivity index is 1.73. The third-order valence-corrected chi connectivity index (χ3v) is 3.59. The molecule has 0 aliphatic carbocycles. The van der Waals surface area contributed by atoms with Crippen LogP contribution in [0.3, 0.4) is 0 Å². The topological polar surface area (TPSA) is 76.4 Å². The first-order valence-electron chi connectivity index (χ1n) is 8.08. The molecule has 0 amide bonds. The second-order valence-corrected chi connectivity index (χ2v) is 5.53. The molecule has 2 aromatic rings. The van der Waals surface area contributed by atoms with Gasteiger partial charge in [0.05, 0.1) is 25.0 Å². The quantitative estimate of drug-likeness (QED) is 0.459. The number of aryl methyl sites for hydroxylation is 3. The summed E-state index contributed by atoms with van der Waals surface area (Å²) in [5, 5.41) is 11.0. The molecule has 0 aliphatic rings. The fourth-order valence-corrected chi connectivity index (χ4v) is 2.40. The van der Waals surface area contributed by atoms with E-state index in [0.29, 0.717) is 12.4 Å². The van der Waals surface area contributed by atoms with E-state index in [1.54, 1.807) is 14.2 Å². The molecular formula is C17H26N6O. The number of nitrogens with zero attached hydrogens (tertiary/aromatic N) is 4. The van der Waals surface area contributed by atoms with Gasteiger partial charge in [-0.2, -0.15) is 5.10 Å². The van der Waals surface area contributed by atoms with E-state index in [1.165, 1.54) is 5.69 Å². The molecule has 2 N–H and O–H groups in total. The van der Waals surface area contributed by atoms with Crippen LogP contribution in [0.4, 0.5) is 0 Å². The molecule has 2 aromatic heterocycles. The highest BCUT2D eigenvalue weighted by molar-refractivity contribution is 5.79. The van der Waals surface area contributed by atoms with Crippen LogP contribution < -0.4 is 15.4 Å². The Morgan fingerprint density at radius 1 is 1.29 bits per heavy atom. The van der Waals surface area contributed by atoms with Crippen LogP contribution in [0, 0.1) is 13.8 Å². The summed E-state index contributed by atoms with van der Waals surface area (Å²) >= 11 is 0. The molecule has 0 saturated carbocycles. The molecular weight excluding hydrogens is 304 g/mol. The second kappa shape index (κ2) is 8.90. The lowest BCUT2D eigenvalue weighted by Gasteiger charge is -2.12. The van der Waals surface area contributed by atoms with E-state index in [1.807, 2.05) is 29.8 Å². The number of hydrogen-bond donors (Lipinski definition) is 2. The molecule has 0 fully saturated rings. The molecule has 0 aliphatic heterocycles. The summed E-state index contributed by atoms with van der Waals surface area (Å²) in [6.45, 7) is 6.40. The van der Waals surface area contributed by atoms with Crippen molar-refractivity contribution in [3.63, 3.8) is 0 Å². The molecule has 2 heterocycles. The van der Waals surface area contributed by atoms with Crippen molar-refractivity contribution in [2.24, 2.45) is 4.99 Å². The monoisotopic (exact) mass is 330 g/mol. The number of rotatable bonds is 7. The third-order valence-electron chi connectivity index (χ3n) is 3.59.